The van der Waals surface area contributed by atoms with Crippen LogP contribution in [0.5, 0.6) is 0 Å². The molecule has 4 nitrogen and oxygen atoms in total. The molecular weight excluding hydrogens is 518 g/mol. The zero-order valence-electron chi connectivity index (χ0n) is 22.3. The third-order valence-electron chi connectivity index (χ3n) is 6.25. The van der Waals surface area contributed by atoms with Crippen LogP contribution in [0.4, 0.5) is 26.3 Å². The first-order valence-corrected chi connectivity index (χ1v) is 13.2. The minimum Gasteiger partial charge on any atom is -0.347 e. The van der Waals surface area contributed by atoms with Crippen molar-refractivity contribution in [3.8, 4) is 11.1 Å². The number of hydrogen-bond donors (Lipinski definition) is 1. The van der Waals surface area contributed by atoms with E-state index < -0.39 is 56.7 Å². The summed E-state index contributed by atoms with van der Waals surface area (Å²) in [5.74, 6) is 0. The van der Waals surface area contributed by atoms with Crippen molar-refractivity contribution in [2.75, 3.05) is 0 Å². The Hall–Kier alpha value is -2.53. The van der Waals surface area contributed by atoms with Gasteiger partial charge in [0, 0.05) is 29.2 Å². The molecule has 0 unspecified atom stereocenters. The van der Waals surface area contributed by atoms with Gasteiger partial charge in [-0.25, -0.2) is 8.42 Å². The topological polar surface area (TPSA) is 51.1 Å². The summed E-state index contributed by atoms with van der Waals surface area (Å²) in [6.07, 6.45) is -7.83. The fourth-order valence-electron chi connectivity index (χ4n) is 4.33. The number of fused-ring (bicyclic) bond motifs is 1. The van der Waals surface area contributed by atoms with Crippen LogP contribution in [0.3, 0.4) is 0 Å². The Bertz CT molecular complexity index is 1490. The van der Waals surface area contributed by atoms with E-state index in [0.29, 0.717) is 6.42 Å². The number of benzene rings is 2. The standard InChI is InChI=1S/C26H28F6N2O2S/c1-24(2,3)15-34-14-20(23(26(30,31)32)33-37(35,36)17-7-6-8-17)19-12-11-16(13-22(19)34)18-9-4-5-10-21(18)25(27,28)29/h4-5,9-14,17,23,33H,6-8,15H2,1-3H3/t23-/m0/s1/i15D2. The number of nitrogens with one attached hydrogen (secondary N) is 1. The molecule has 1 aliphatic rings. The minimum absolute atomic E-state index is 0.0182. The molecule has 11 heteroatoms. The van der Waals surface area contributed by atoms with Crippen molar-refractivity contribution in [1.82, 2.24) is 9.29 Å². The van der Waals surface area contributed by atoms with Crippen LogP contribution in [0, 0.1) is 5.41 Å². The molecule has 1 aliphatic carbocycles. The van der Waals surface area contributed by atoms with Gasteiger partial charge in [-0.15, -0.1) is 0 Å². The molecule has 202 valence electrons. The lowest BCUT2D eigenvalue weighted by molar-refractivity contribution is -0.152. The van der Waals surface area contributed by atoms with Crippen LogP contribution in [0.15, 0.2) is 48.7 Å². The highest BCUT2D eigenvalue weighted by atomic mass is 32.2. The SMILES string of the molecule is [2H]C([2H])(n1cc([C@H](NS(=O)(=O)C2CCC2)C(F)(F)F)c2ccc(-c3ccccc3C(F)(F)F)cc21)C(C)(C)C. The summed E-state index contributed by atoms with van der Waals surface area (Å²) in [6, 6.07) is 5.64. The molecule has 1 heterocycles. The lowest BCUT2D eigenvalue weighted by atomic mass is 9.96. The van der Waals surface area contributed by atoms with Crippen molar-refractivity contribution in [1.29, 1.82) is 0 Å². The molecular formula is C26H28F6N2O2S. The van der Waals surface area contributed by atoms with Gasteiger partial charge in [0.05, 0.1) is 13.6 Å². The monoisotopic (exact) mass is 548 g/mol. The number of sulfonamides is 1. The van der Waals surface area contributed by atoms with Crippen LogP contribution in [0.25, 0.3) is 22.0 Å². The van der Waals surface area contributed by atoms with E-state index in [1.807, 2.05) is 0 Å². The first-order valence-electron chi connectivity index (χ1n) is 12.6. The molecule has 1 N–H and O–H groups in total. The Morgan fingerprint density at radius 2 is 1.70 bits per heavy atom. The van der Waals surface area contributed by atoms with Gasteiger partial charge in [0.15, 0.2) is 0 Å². The third-order valence-corrected chi connectivity index (χ3v) is 8.16. The molecule has 0 aliphatic heterocycles. The number of aromatic nitrogens is 1. The molecule has 0 spiro atoms. The summed E-state index contributed by atoms with van der Waals surface area (Å²) < 4.78 is 130. The number of halogens is 6. The van der Waals surface area contributed by atoms with Gasteiger partial charge in [-0.05, 0) is 41.5 Å². The maximum atomic E-state index is 14.4. The summed E-state index contributed by atoms with van der Waals surface area (Å²) in [5, 5.41) is -1.09. The highest BCUT2D eigenvalue weighted by Crippen LogP contribution is 2.42. The van der Waals surface area contributed by atoms with E-state index in [2.05, 4.69) is 0 Å². The summed E-state index contributed by atoms with van der Waals surface area (Å²) in [4.78, 5) is 0. The van der Waals surface area contributed by atoms with E-state index in [4.69, 9.17) is 2.74 Å². The van der Waals surface area contributed by atoms with Crippen molar-refractivity contribution in [2.24, 2.45) is 5.41 Å². The zero-order chi connectivity index (χ0) is 29.2. The average molecular weight is 549 g/mol. The lowest BCUT2D eigenvalue weighted by Gasteiger charge is -2.29. The Kier molecular flexibility index (Phi) is 6.26. The van der Waals surface area contributed by atoms with Crippen LogP contribution in [-0.2, 0) is 22.7 Å². The predicted molar refractivity (Wildman–Crippen MR) is 130 cm³/mol. The van der Waals surface area contributed by atoms with Gasteiger partial charge in [-0.2, -0.15) is 31.1 Å². The van der Waals surface area contributed by atoms with Crippen molar-refractivity contribution in [2.45, 2.75) is 70.2 Å². The molecule has 1 aromatic heterocycles. The lowest BCUT2D eigenvalue weighted by Crippen LogP contribution is -2.44. The van der Waals surface area contributed by atoms with Gasteiger partial charge in [0.2, 0.25) is 10.0 Å². The Morgan fingerprint density at radius 1 is 1.05 bits per heavy atom. The van der Waals surface area contributed by atoms with Gasteiger partial charge in [-0.1, -0.05) is 57.5 Å². The summed E-state index contributed by atoms with van der Waals surface area (Å²) in [6.45, 7) is 2.28. The number of hydrogen-bond acceptors (Lipinski definition) is 2. The van der Waals surface area contributed by atoms with E-state index in [0.717, 1.165) is 16.8 Å². The molecule has 0 radical (unpaired) electrons. The smallest absolute Gasteiger partial charge is 0.347 e. The van der Waals surface area contributed by atoms with Gasteiger partial charge < -0.3 is 4.57 Å². The van der Waals surface area contributed by atoms with Crippen molar-refractivity contribution >= 4 is 20.9 Å². The molecule has 1 atom stereocenters. The molecule has 1 fully saturated rings. The Labute approximate surface area is 214 Å². The number of alkyl halides is 6. The maximum Gasteiger partial charge on any atom is 0.417 e. The molecule has 3 aromatic rings. The molecule has 2 aromatic carbocycles. The number of rotatable bonds is 6. The fraction of sp³-hybridized carbons (Fsp3) is 0.462. The second-order valence-electron chi connectivity index (χ2n) is 10.3. The molecule has 0 bridgehead atoms. The normalized spacial score (nSPS) is 17.9. The number of nitrogens with zero attached hydrogens (tertiary/aromatic N) is 1. The third kappa shape index (κ3) is 5.82. The van der Waals surface area contributed by atoms with Crippen LogP contribution in [0.2, 0.25) is 0 Å². The van der Waals surface area contributed by atoms with E-state index in [1.54, 1.807) is 4.72 Å². The largest absolute Gasteiger partial charge is 0.417 e. The minimum atomic E-state index is -5.08. The summed E-state index contributed by atoms with van der Waals surface area (Å²) in [7, 11) is -4.35. The highest BCUT2D eigenvalue weighted by molar-refractivity contribution is 7.90. The molecule has 0 saturated heterocycles. The Morgan fingerprint density at radius 3 is 2.24 bits per heavy atom. The summed E-state index contributed by atoms with van der Waals surface area (Å²) >= 11 is 0. The van der Waals surface area contributed by atoms with Crippen molar-refractivity contribution in [3.05, 3.63) is 59.8 Å². The van der Waals surface area contributed by atoms with Crippen molar-refractivity contribution < 1.29 is 37.5 Å². The first kappa shape index (κ1) is 24.8. The molecule has 0 amide bonds. The predicted octanol–water partition coefficient (Wildman–Crippen LogP) is 7.45. The summed E-state index contributed by atoms with van der Waals surface area (Å²) in [5.41, 5.74) is -2.96. The van der Waals surface area contributed by atoms with E-state index in [-0.39, 0.29) is 34.9 Å². The second kappa shape index (κ2) is 9.34. The van der Waals surface area contributed by atoms with Gasteiger partial charge in [0.25, 0.3) is 0 Å². The second-order valence-corrected chi connectivity index (χ2v) is 12.3. The Balaban J connectivity index is 1.99. The van der Waals surface area contributed by atoms with Crippen LogP contribution >= 0.6 is 0 Å². The van der Waals surface area contributed by atoms with Gasteiger partial charge in [-0.3, -0.25) is 0 Å². The quantitative estimate of drug-likeness (QED) is 0.326. The van der Waals surface area contributed by atoms with E-state index in [1.165, 1.54) is 57.2 Å². The zero-order valence-corrected chi connectivity index (χ0v) is 21.2. The van der Waals surface area contributed by atoms with E-state index >= 15 is 0 Å². The molecule has 4 rings (SSSR count). The van der Waals surface area contributed by atoms with Crippen LogP contribution in [0.1, 0.15) is 59.9 Å². The maximum absolute atomic E-state index is 14.4. The molecule has 1 saturated carbocycles. The van der Waals surface area contributed by atoms with Crippen LogP contribution in [-0.4, -0.2) is 24.4 Å². The first-order chi connectivity index (χ1) is 17.7. The van der Waals surface area contributed by atoms with E-state index in [9.17, 15) is 34.8 Å². The molecule has 37 heavy (non-hydrogen) atoms. The fourth-order valence-corrected chi connectivity index (χ4v) is 6.07. The van der Waals surface area contributed by atoms with Gasteiger partial charge >= 0.3 is 12.4 Å². The van der Waals surface area contributed by atoms with Crippen LogP contribution < -0.4 is 4.72 Å². The average Bonchev–Trinajstić information content (AvgIpc) is 3.13. The van der Waals surface area contributed by atoms with Gasteiger partial charge in [0.1, 0.15) is 6.04 Å². The van der Waals surface area contributed by atoms with Crippen molar-refractivity contribution in [3.63, 3.8) is 0 Å². The highest BCUT2D eigenvalue weighted by Gasteiger charge is 2.46.